The zero-order valence-corrected chi connectivity index (χ0v) is 15.8. The van der Waals surface area contributed by atoms with Crippen LogP contribution in [0.3, 0.4) is 0 Å². The Hall–Kier alpha value is -2.92. The Labute approximate surface area is 162 Å². The van der Waals surface area contributed by atoms with E-state index >= 15 is 0 Å². The van der Waals surface area contributed by atoms with E-state index in [1.165, 1.54) is 5.56 Å². The lowest BCUT2D eigenvalue weighted by Gasteiger charge is -2.08. The van der Waals surface area contributed by atoms with Gasteiger partial charge in [0, 0.05) is 11.9 Å². The number of aryl methyl sites for hydroxylation is 1. The van der Waals surface area contributed by atoms with Crippen molar-refractivity contribution < 1.29 is 4.74 Å². The SMILES string of the molecule is Cc1nc2ccccc2nc1SCc1ccc(OCc2ccccn2)cc1. The molecular weight excluding hydrogens is 354 g/mol. The third kappa shape index (κ3) is 4.44. The van der Waals surface area contributed by atoms with E-state index < -0.39 is 0 Å². The molecule has 4 nitrogen and oxygen atoms in total. The van der Waals surface area contributed by atoms with Crippen LogP contribution in [0.15, 0.2) is 78.0 Å². The molecule has 134 valence electrons. The van der Waals surface area contributed by atoms with Crippen molar-refractivity contribution in [3.05, 3.63) is 89.9 Å². The Balaban J connectivity index is 1.38. The van der Waals surface area contributed by atoms with E-state index in [1.807, 2.05) is 61.5 Å². The number of aromatic nitrogens is 3. The third-order valence-electron chi connectivity index (χ3n) is 4.11. The minimum absolute atomic E-state index is 0.473. The molecular formula is C22H19N3OS. The smallest absolute Gasteiger partial charge is 0.130 e. The van der Waals surface area contributed by atoms with Crippen molar-refractivity contribution >= 4 is 22.8 Å². The van der Waals surface area contributed by atoms with Gasteiger partial charge in [0.05, 0.1) is 22.4 Å². The fraction of sp³-hybridized carbons (Fsp3) is 0.136. The number of pyridine rings is 1. The molecule has 0 aliphatic rings. The Morgan fingerprint density at radius 1 is 0.852 bits per heavy atom. The molecule has 27 heavy (non-hydrogen) atoms. The predicted molar refractivity (Wildman–Crippen MR) is 109 cm³/mol. The molecule has 0 aliphatic carbocycles. The standard InChI is InChI=1S/C22H19N3OS/c1-16-22(25-21-8-3-2-7-20(21)24-16)27-15-17-9-11-19(12-10-17)26-14-18-6-4-5-13-23-18/h2-13H,14-15H2,1H3. The van der Waals surface area contributed by atoms with Crippen LogP contribution in [0.2, 0.25) is 0 Å². The van der Waals surface area contributed by atoms with Crippen LogP contribution < -0.4 is 4.74 Å². The summed E-state index contributed by atoms with van der Waals surface area (Å²) in [6.07, 6.45) is 1.77. The summed E-state index contributed by atoms with van der Waals surface area (Å²) in [6.45, 7) is 2.48. The van der Waals surface area contributed by atoms with Gasteiger partial charge in [-0.25, -0.2) is 9.97 Å². The number of para-hydroxylation sites is 2. The topological polar surface area (TPSA) is 47.9 Å². The first kappa shape index (κ1) is 17.5. The van der Waals surface area contributed by atoms with Gasteiger partial charge in [0.15, 0.2) is 0 Å². The maximum atomic E-state index is 5.79. The van der Waals surface area contributed by atoms with E-state index in [0.29, 0.717) is 6.61 Å². The van der Waals surface area contributed by atoms with Crippen molar-refractivity contribution in [1.29, 1.82) is 0 Å². The van der Waals surface area contributed by atoms with Gasteiger partial charge < -0.3 is 4.74 Å². The van der Waals surface area contributed by atoms with Crippen molar-refractivity contribution in [1.82, 2.24) is 15.0 Å². The van der Waals surface area contributed by atoms with Crippen LogP contribution in [0, 0.1) is 6.92 Å². The predicted octanol–water partition coefficient (Wildman–Crippen LogP) is 5.20. The van der Waals surface area contributed by atoms with E-state index in [4.69, 9.17) is 9.72 Å². The highest BCUT2D eigenvalue weighted by molar-refractivity contribution is 7.98. The maximum absolute atomic E-state index is 5.79. The lowest BCUT2D eigenvalue weighted by Crippen LogP contribution is -1.97. The van der Waals surface area contributed by atoms with Gasteiger partial charge in [0.25, 0.3) is 0 Å². The molecule has 4 rings (SSSR count). The van der Waals surface area contributed by atoms with Gasteiger partial charge in [-0.3, -0.25) is 4.98 Å². The first-order valence-corrected chi connectivity index (χ1v) is 9.74. The molecule has 0 bridgehead atoms. The van der Waals surface area contributed by atoms with E-state index in [2.05, 4.69) is 22.1 Å². The average molecular weight is 373 g/mol. The summed E-state index contributed by atoms with van der Waals surface area (Å²) in [5, 5.41) is 0.976. The van der Waals surface area contributed by atoms with Crippen molar-refractivity contribution in [3.63, 3.8) is 0 Å². The van der Waals surface area contributed by atoms with Crippen LogP contribution in [-0.4, -0.2) is 15.0 Å². The second-order valence-electron chi connectivity index (χ2n) is 6.15. The Morgan fingerprint density at radius 2 is 1.59 bits per heavy atom. The van der Waals surface area contributed by atoms with Crippen LogP contribution in [0.4, 0.5) is 0 Å². The minimum Gasteiger partial charge on any atom is -0.487 e. The summed E-state index contributed by atoms with van der Waals surface area (Å²) < 4.78 is 5.79. The van der Waals surface area contributed by atoms with Crippen molar-refractivity contribution in [3.8, 4) is 5.75 Å². The maximum Gasteiger partial charge on any atom is 0.130 e. The molecule has 0 aliphatic heterocycles. The lowest BCUT2D eigenvalue weighted by molar-refractivity contribution is 0.301. The minimum atomic E-state index is 0.473. The summed E-state index contributed by atoms with van der Waals surface area (Å²) in [6, 6.07) is 22.0. The van der Waals surface area contributed by atoms with Crippen molar-refractivity contribution in [2.45, 2.75) is 24.3 Å². The van der Waals surface area contributed by atoms with Gasteiger partial charge in [0.1, 0.15) is 17.4 Å². The highest BCUT2D eigenvalue weighted by Crippen LogP contribution is 2.26. The molecule has 2 aromatic heterocycles. The molecule has 0 fully saturated rings. The van der Waals surface area contributed by atoms with Crippen LogP contribution in [0.5, 0.6) is 5.75 Å². The molecule has 0 saturated heterocycles. The molecule has 0 unspecified atom stereocenters. The van der Waals surface area contributed by atoms with Crippen LogP contribution in [0.25, 0.3) is 11.0 Å². The molecule has 0 amide bonds. The molecule has 2 aromatic carbocycles. The van der Waals surface area contributed by atoms with E-state index in [1.54, 1.807) is 18.0 Å². The Kier molecular flexibility index (Phi) is 5.30. The summed E-state index contributed by atoms with van der Waals surface area (Å²) in [7, 11) is 0. The zero-order valence-electron chi connectivity index (χ0n) is 15.0. The summed E-state index contributed by atoms with van der Waals surface area (Å²) >= 11 is 1.71. The Morgan fingerprint density at radius 3 is 2.33 bits per heavy atom. The highest BCUT2D eigenvalue weighted by Gasteiger charge is 2.06. The summed E-state index contributed by atoms with van der Waals surface area (Å²) in [4.78, 5) is 13.6. The number of nitrogens with zero attached hydrogens (tertiary/aromatic N) is 3. The molecule has 0 spiro atoms. The molecule has 0 atom stereocenters. The van der Waals surface area contributed by atoms with Crippen molar-refractivity contribution in [2.24, 2.45) is 0 Å². The van der Waals surface area contributed by atoms with Gasteiger partial charge in [-0.1, -0.05) is 42.1 Å². The van der Waals surface area contributed by atoms with Crippen LogP contribution >= 0.6 is 11.8 Å². The average Bonchev–Trinajstić information content (AvgIpc) is 2.72. The monoisotopic (exact) mass is 373 g/mol. The number of rotatable bonds is 6. The van der Waals surface area contributed by atoms with Gasteiger partial charge >= 0.3 is 0 Å². The van der Waals surface area contributed by atoms with Crippen LogP contribution in [0.1, 0.15) is 17.0 Å². The van der Waals surface area contributed by atoms with Gasteiger partial charge in [0.2, 0.25) is 0 Å². The molecule has 0 saturated carbocycles. The number of fused-ring (bicyclic) bond motifs is 1. The zero-order chi connectivity index (χ0) is 18.5. The second kappa shape index (κ2) is 8.18. The quantitative estimate of drug-likeness (QED) is 0.435. The number of benzene rings is 2. The Bertz CT molecular complexity index is 1040. The fourth-order valence-corrected chi connectivity index (χ4v) is 3.60. The van der Waals surface area contributed by atoms with Gasteiger partial charge in [-0.05, 0) is 48.9 Å². The van der Waals surface area contributed by atoms with Crippen LogP contribution in [-0.2, 0) is 12.4 Å². The largest absolute Gasteiger partial charge is 0.487 e. The number of hydrogen-bond donors (Lipinski definition) is 0. The molecule has 0 N–H and O–H groups in total. The number of hydrogen-bond acceptors (Lipinski definition) is 5. The first-order chi connectivity index (χ1) is 13.3. The van der Waals surface area contributed by atoms with Gasteiger partial charge in [-0.15, -0.1) is 0 Å². The molecule has 5 heteroatoms. The highest BCUT2D eigenvalue weighted by atomic mass is 32.2. The number of ether oxygens (including phenoxy) is 1. The molecule has 0 radical (unpaired) electrons. The third-order valence-corrected chi connectivity index (χ3v) is 5.25. The molecule has 2 heterocycles. The normalized spacial score (nSPS) is 10.9. The van der Waals surface area contributed by atoms with E-state index in [0.717, 1.165) is 38.9 Å². The van der Waals surface area contributed by atoms with E-state index in [9.17, 15) is 0 Å². The lowest BCUT2D eigenvalue weighted by atomic mass is 10.2. The van der Waals surface area contributed by atoms with E-state index in [-0.39, 0.29) is 0 Å². The summed E-state index contributed by atoms with van der Waals surface area (Å²) in [5.41, 5.74) is 4.98. The summed E-state index contributed by atoms with van der Waals surface area (Å²) in [5.74, 6) is 1.69. The molecule has 4 aromatic rings. The van der Waals surface area contributed by atoms with Gasteiger partial charge in [-0.2, -0.15) is 0 Å². The second-order valence-corrected chi connectivity index (χ2v) is 7.11. The first-order valence-electron chi connectivity index (χ1n) is 8.76. The van der Waals surface area contributed by atoms with Crippen molar-refractivity contribution in [2.75, 3.05) is 0 Å². The fourth-order valence-electron chi connectivity index (χ4n) is 2.68. The number of thioether (sulfide) groups is 1.